The normalized spacial score (nSPS) is 17.7. The molecular formula is C15H16Cl2N2O4. The molecule has 0 radical (unpaired) electrons. The van der Waals surface area contributed by atoms with Crippen LogP contribution in [0.5, 0.6) is 0 Å². The van der Waals surface area contributed by atoms with Gasteiger partial charge in [0.1, 0.15) is 0 Å². The van der Waals surface area contributed by atoms with Gasteiger partial charge in [-0.15, -0.1) is 0 Å². The van der Waals surface area contributed by atoms with Crippen LogP contribution in [0.15, 0.2) is 18.2 Å². The minimum Gasteiger partial charge on any atom is -0.452 e. The highest BCUT2D eigenvalue weighted by Crippen LogP contribution is 2.23. The summed E-state index contributed by atoms with van der Waals surface area (Å²) in [5.41, 5.74) is 5.48. The lowest BCUT2D eigenvalue weighted by molar-refractivity contribution is -0.137. The zero-order valence-corrected chi connectivity index (χ0v) is 13.8. The highest BCUT2D eigenvalue weighted by molar-refractivity contribution is 6.42. The van der Waals surface area contributed by atoms with Gasteiger partial charge >= 0.3 is 5.97 Å². The molecule has 0 aliphatic carbocycles. The number of carbonyl (C=O) groups excluding carboxylic acids is 3. The number of benzene rings is 1. The number of nitrogens with zero attached hydrogens (tertiary/aromatic N) is 1. The second-order valence-corrected chi connectivity index (χ2v) is 6.10. The van der Waals surface area contributed by atoms with E-state index in [2.05, 4.69) is 0 Å². The Morgan fingerprint density at radius 1 is 1.26 bits per heavy atom. The van der Waals surface area contributed by atoms with Gasteiger partial charge < -0.3 is 15.4 Å². The van der Waals surface area contributed by atoms with E-state index in [-0.39, 0.29) is 29.0 Å². The predicted molar refractivity (Wildman–Crippen MR) is 85.2 cm³/mol. The number of primary amides is 1. The Kier molecular flexibility index (Phi) is 5.85. The van der Waals surface area contributed by atoms with E-state index in [4.69, 9.17) is 33.7 Å². The third kappa shape index (κ3) is 4.59. The number of piperidine rings is 1. The molecule has 2 N–H and O–H groups in total. The molecule has 0 unspecified atom stereocenters. The molecule has 8 heteroatoms. The van der Waals surface area contributed by atoms with Crippen molar-refractivity contribution in [3.05, 3.63) is 33.8 Å². The molecular weight excluding hydrogens is 343 g/mol. The van der Waals surface area contributed by atoms with Gasteiger partial charge in [0.2, 0.25) is 5.91 Å². The Bertz CT molecular complexity index is 636. The van der Waals surface area contributed by atoms with E-state index in [1.54, 1.807) is 0 Å². The van der Waals surface area contributed by atoms with Crippen LogP contribution in [0.4, 0.5) is 0 Å². The number of halogens is 2. The van der Waals surface area contributed by atoms with Crippen LogP contribution in [0.1, 0.15) is 23.2 Å². The summed E-state index contributed by atoms with van der Waals surface area (Å²) in [4.78, 5) is 36.7. The molecule has 23 heavy (non-hydrogen) atoms. The quantitative estimate of drug-likeness (QED) is 0.832. The van der Waals surface area contributed by atoms with Crippen molar-refractivity contribution in [1.29, 1.82) is 0 Å². The minimum absolute atomic E-state index is 0.209. The van der Waals surface area contributed by atoms with Crippen molar-refractivity contribution in [2.45, 2.75) is 12.8 Å². The van der Waals surface area contributed by atoms with Gasteiger partial charge in [0.05, 0.1) is 21.5 Å². The first-order valence-corrected chi connectivity index (χ1v) is 7.83. The van der Waals surface area contributed by atoms with Gasteiger partial charge in [0.25, 0.3) is 5.91 Å². The Labute approximate surface area is 143 Å². The number of likely N-dealkylation sites (tertiary alicyclic amines) is 1. The van der Waals surface area contributed by atoms with E-state index < -0.39 is 18.5 Å². The maximum atomic E-state index is 12.1. The Morgan fingerprint density at radius 2 is 2.00 bits per heavy atom. The van der Waals surface area contributed by atoms with Gasteiger partial charge in [-0.3, -0.25) is 9.59 Å². The van der Waals surface area contributed by atoms with Crippen LogP contribution in [-0.4, -0.2) is 42.4 Å². The van der Waals surface area contributed by atoms with E-state index in [1.807, 2.05) is 0 Å². The van der Waals surface area contributed by atoms with Crippen LogP contribution in [0.2, 0.25) is 10.0 Å². The minimum atomic E-state index is -0.666. The summed E-state index contributed by atoms with van der Waals surface area (Å²) in [6, 6.07) is 4.32. The van der Waals surface area contributed by atoms with Crippen molar-refractivity contribution >= 4 is 41.0 Å². The number of hydrogen-bond donors (Lipinski definition) is 1. The molecule has 0 spiro atoms. The molecule has 0 bridgehead atoms. The lowest BCUT2D eigenvalue weighted by atomic mass is 9.97. The molecule has 1 aliphatic rings. The maximum Gasteiger partial charge on any atom is 0.338 e. The first-order chi connectivity index (χ1) is 10.9. The summed E-state index contributed by atoms with van der Waals surface area (Å²) < 4.78 is 4.99. The number of hydrogen-bond acceptors (Lipinski definition) is 4. The summed E-state index contributed by atoms with van der Waals surface area (Å²) in [7, 11) is 0. The molecule has 1 fully saturated rings. The summed E-state index contributed by atoms with van der Waals surface area (Å²) in [5.74, 6) is -1.79. The Morgan fingerprint density at radius 3 is 2.65 bits per heavy atom. The zero-order valence-electron chi connectivity index (χ0n) is 12.3. The smallest absolute Gasteiger partial charge is 0.338 e. The third-order valence-corrected chi connectivity index (χ3v) is 4.40. The first kappa shape index (κ1) is 17.6. The molecule has 1 atom stereocenters. The van der Waals surface area contributed by atoms with Crippen LogP contribution >= 0.6 is 23.2 Å². The van der Waals surface area contributed by atoms with Crippen LogP contribution in [-0.2, 0) is 14.3 Å². The average molecular weight is 359 g/mol. The fourth-order valence-electron chi connectivity index (χ4n) is 2.36. The summed E-state index contributed by atoms with van der Waals surface area (Å²) in [6.07, 6.45) is 1.36. The van der Waals surface area contributed by atoms with Crippen LogP contribution in [0.25, 0.3) is 0 Å². The number of carbonyl (C=O) groups is 3. The van der Waals surface area contributed by atoms with Gasteiger partial charge in [-0.1, -0.05) is 23.2 Å². The van der Waals surface area contributed by atoms with E-state index in [0.717, 1.165) is 0 Å². The van der Waals surface area contributed by atoms with Gasteiger partial charge in [-0.2, -0.15) is 0 Å². The van der Waals surface area contributed by atoms with Gasteiger partial charge in [0, 0.05) is 13.1 Å². The zero-order chi connectivity index (χ0) is 17.0. The van der Waals surface area contributed by atoms with E-state index in [0.29, 0.717) is 24.4 Å². The molecule has 1 saturated heterocycles. The highest BCUT2D eigenvalue weighted by atomic mass is 35.5. The number of amides is 2. The average Bonchev–Trinajstić information content (AvgIpc) is 2.54. The molecule has 1 aromatic rings. The van der Waals surface area contributed by atoms with E-state index in [9.17, 15) is 14.4 Å². The molecule has 1 aliphatic heterocycles. The van der Waals surface area contributed by atoms with Gasteiger partial charge in [-0.05, 0) is 31.0 Å². The summed E-state index contributed by atoms with van der Waals surface area (Å²) in [6.45, 7) is 0.385. The molecule has 0 aromatic heterocycles. The number of esters is 1. The van der Waals surface area contributed by atoms with Crippen molar-refractivity contribution in [2.24, 2.45) is 11.7 Å². The highest BCUT2D eigenvalue weighted by Gasteiger charge is 2.27. The molecule has 6 nitrogen and oxygen atoms in total. The lowest BCUT2D eigenvalue weighted by Gasteiger charge is -2.31. The van der Waals surface area contributed by atoms with Crippen LogP contribution in [0, 0.1) is 5.92 Å². The standard InChI is InChI=1S/C15H16Cl2N2O4/c16-11-4-3-9(6-12(11)17)15(22)23-8-13(20)19-5-1-2-10(7-19)14(18)21/h3-4,6,10H,1-2,5,7-8H2,(H2,18,21)/t10-/m1/s1. The largest absolute Gasteiger partial charge is 0.452 e. The topological polar surface area (TPSA) is 89.7 Å². The second kappa shape index (κ2) is 7.66. The Balaban J connectivity index is 1.89. The predicted octanol–water partition coefficient (Wildman–Crippen LogP) is 1.87. The first-order valence-electron chi connectivity index (χ1n) is 7.07. The number of rotatable bonds is 4. The van der Waals surface area contributed by atoms with Crippen molar-refractivity contribution in [2.75, 3.05) is 19.7 Å². The second-order valence-electron chi connectivity index (χ2n) is 5.29. The fraction of sp³-hybridized carbons (Fsp3) is 0.400. The van der Waals surface area contributed by atoms with Crippen molar-refractivity contribution < 1.29 is 19.1 Å². The molecule has 1 aromatic carbocycles. The lowest BCUT2D eigenvalue weighted by Crippen LogP contribution is -2.45. The van der Waals surface area contributed by atoms with Crippen molar-refractivity contribution in [1.82, 2.24) is 4.90 Å². The SMILES string of the molecule is NC(=O)[C@@H]1CCCN(C(=O)COC(=O)c2ccc(Cl)c(Cl)c2)C1. The van der Waals surface area contributed by atoms with E-state index in [1.165, 1.54) is 23.1 Å². The molecule has 1 heterocycles. The maximum absolute atomic E-state index is 12.1. The Hall–Kier alpha value is -1.79. The molecule has 2 rings (SSSR count). The number of nitrogens with two attached hydrogens (primary N) is 1. The third-order valence-electron chi connectivity index (χ3n) is 3.66. The number of ether oxygens (including phenoxy) is 1. The van der Waals surface area contributed by atoms with Crippen molar-refractivity contribution in [3.8, 4) is 0 Å². The fourth-order valence-corrected chi connectivity index (χ4v) is 2.66. The van der Waals surface area contributed by atoms with Crippen LogP contribution in [0.3, 0.4) is 0 Å². The molecule has 2 amide bonds. The summed E-state index contributed by atoms with van der Waals surface area (Å²) >= 11 is 11.6. The van der Waals surface area contributed by atoms with E-state index >= 15 is 0 Å². The van der Waals surface area contributed by atoms with Crippen molar-refractivity contribution in [3.63, 3.8) is 0 Å². The van der Waals surface area contributed by atoms with Crippen LogP contribution < -0.4 is 5.73 Å². The monoisotopic (exact) mass is 358 g/mol. The van der Waals surface area contributed by atoms with Gasteiger partial charge in [-0.25, -0.2) is 4.79 Å². The molecule has 0 saturated carbocycles. The van der Waals surface area contributed by atoms with Gasteiger partial charge in [0.15, 0.2) is 6.61 Å². The molecule has 124 valence electrons. The summed E-state index contributed by atoms with van der Waals surface area (Å²) in [5, 5.41) is 0.554.